The highest BCUT2D eigenvalue weighted by molar-refractivity contribution is 6.32. The summed E-state index contributed by atoms with van der Waals surface area (Å²) in [5.74, 6) is 1.18. The van der Waals surface area contributed by atoms with Gasteiger partial charge in [-0.1, -0.05) is 63.0 Å². The van der Waals surface area contributed by atoms with Gasteiger partial charge in [-0.3, -0.25) is 0 Å². The van der Waals surface area contributed by atoms with Gasteiger partial charge in [-0.15, -0.1) is 0 Å². The number of benzene rings is 2. The first-order valence-corrected chi connectivity index (χ1v) is 8.78. The quantitative estimate of drug-likeness (QED) is 0.601. The summed E-state index contributed by atoms with van der Waals surface area (Å²) < 4.78 is 0. The average Bonchev–Trinajstić information content (AvgIpc) is 2.48. The van der Waals surface area contributed by atoms with Crippen molar-refractivity contribution in [2.45, 2.75) is 53.4 Å². The first-order valence-electron chi connectivity index (χ1n) is 8.03. The summed E-state index contributed by atoms with van der Waals surface area (Å²) in [7, 11) is 0. The molecule has 2 nitrogen and oxygen atoms in total. The van der Waals surface area contributed by atoms with Crippen LogP contribution in [-0.4, -0.2) is 10.2 Å². The summed E-state index contributed by atoms with van der Waals surface area (Å²) in [5, 5.41) is 20.3. The van der Waals surface area contributed by atoms with Crippen LogP contribution in [0.1, 0.15) is 61.8 Å². The van der Waals surface area contributed by atoms with E-state index in [1.165, 1.54) is 0 Å². The molecule has 0 saturated heterocycles. The minimum absolute atomic E-state index is 0.228. The van der Waals surface area contributed by atoms with Gasteiger partial charge in [-0.05, 0) is 60.1 Å². The zero-order valence-electron chi connectivity index (χ0n) is 15.1. The highest BCUT2D eigenvalue weighted by Gasteiger charge is 2.10. The molecular weight excluding hydrogens is 343 g/mol. The van der Waals surface area contributed by atoms with Crippen molar-refractivity contribution >= 4 is 23.2 Å². The molecule has 0 fully saturated rings. The molecule has 0 unspecified atom stereocenters. The van der Waals surface area contributed by atoms with Gasteiger partial charge in [0, 0.05) is 5.02 Å². The molecule has 132 valence electrons. The molecule has 0 radical (unpaired) electrons. The van der Waals surface area contributed by atoms with Crippen LogP contribution < -0.4 is 0 Å². The molecule has 0 amide bonds. The zero-order valence-corrected chi connectivity index (χ0v) is 16.6. The van der Waals surface area contributed by atoms with Gasteiger partial charge in [-0.25, -0.2) is 0 Å². The van der Waals surface area contributed by atoms with Crippen molar-refractivity contribution in [3.63, 3.8) is 0 Å². The molecule has 2 rings (SSSR count). The summed E-state index contributed by atoms with van der Waals surface area (Å²) in [6, 6.07) is 7.38. The molecular formula is C20H26Cl2O2. The number of hydrogen-bond donors (Lipinski definition) is 2. The monoisotopic (exact) mass is 368 g/mol. The van der Waals surface area contributed by atoms with Gasteiger partial charge in [0.1, 0.15) is 11.5 Å². The minimum atomic E-state index is 0.228. The van der Waals surface area contributed by atoms with Crippen molar-refractivity contribution in [3.8, 4) is 11.5 Å². The van der Waals surface area contributed by atoms with Crippen LogP contribution in [0.4, 0.5) is 0 Å². The largest absolute Gasteiger partial charge is 0.508 e. The van der Waals surface area contributed by atoms with Crippen LogP contribution in [0.25, 0.3) is 0 Å². The Morgan fingerprint density at radius 1 is 0.792 bits per heavy atom. The van der Waals surface area contributed by atoms with Crippen LogP contribution in [0, 0.1) is 13.8 Å². The number of hydrogen-bond acceptors (Lipinski definition) is 2. The summed E-state index contributed by atoms with van der Waals surface area (Å²) >= 11 is 11.8. The molecule has 24 heavy (non-hydrogen) atoms. The summed E-state index contributed by atoms with van der Waals surface area (Å²) in [5.41, 5.74) is 3.65. The van der Waals surface area contributed by atoms with Gasteiger partial charge in [0.2, 0.25) is 0 Å². The second kappa shape index (κ2) is 8.64. The van der Waals surface area contributed by atoms with Gasteiger partial charge in [-0.2, -0.15) is 0 Å². The van der Waals surface area contributed by atoms with Crippen LogP contribution in [0.5, 0.6) is 11.5 Å². The van der Waals surface area contributed by atoms with Crippen molar-refractivity contribution in [1.82, 2.24) is 0 Å². The predicted octanol–water partition coefficient (Wildman–Crippen LogP) is 6.95. The van der Waals surface area contributed by atoms with Gasteiger partial charge in [0.25, 0.3) is 0 Å². The molecule has 0 spiro atoms. The Labute approximate surface area is 155 Å². The van der Waals surface area contributed by atoms with Gasteiger partial charge >= 0.3 is 0 Å². The Bertz CT molecular complexity index is 701. The number of halogens is 2. The van der Waals surface area contributed by atoms with E-state index in [0.717, 1.165) is 27.3 Å². The van der Waals surface area contributed by atoms with Gasteiger partial charge in [0.05, 0.1) is 5.02 Å². The summed E-state index contributed by atoms with van der Waals surface area (Å²) in [4.78, 5) is 0. The highest BCUT2D eigenvalue weighted by Crippen LogP contribution is 2.34. The van der Waals surface area contributed by atoms with E-state index in [2.05, 4.69) is 0 Å². The number of phenols is 2. The molecule has 4 heteroatoms. The molecule has 0 saturated carbocycles. The third-order valence-corrected chi connectivity index (χ3v) is 4.78. The van der Waals surface area contributed by atoms with E-state index in [4.69, 9.17) is 23.2 Å². The lowest BCUT2D eigenvalue weighted by Crippen LogP contribution is -1.89. The molecule has 0 bridgehead atoms. The van der Waals surface area contributed by atoms with Crippen molar-refractivity contribution in [2.75, 3.05) is 0 Å². The maximum absolute atomic E-state index is 9.62. The Hall–Kier alpha value is -1.38. The molecule has 2 aromatic rings. The van der Waals surface area contributed by atoms with Gasteiger partial charge < -0.3 is 10.2 Å². The Balaban J connectivity index is 0.000000240. The molecule has 0 atom stereocenters. The first kappa shape index (κ1) is 20.7. The van der Waals surface area contributed by atoms with Crippen LogP contribution in [-0.2, 0) is 0 Å². The summed E-state index contributed by atoms with van der Waals surface area (Å²) in [6.07, 6.45) is 0. The van der Waals surface area contributed by atoms with E-state index in [9.17, 15) is 10.2 Å². The fraction of sp³-hybridized carbons (Fsp3) is 0.400. The SMILES string of the molecule is Cc1cc(O)c(C(C)C)cc1Cl.Cc1ccc(C(C)C)c(O)c1Cl. The maximum atomic E-state index is 9.62. The average molecular weight is 369 g/mol. The third kappa shape index (κ3) is 5.06. The highest BCUT2D eigenvalue weighted by atomic mass is 35.5. The number of aryl methyl sites for hydroxylation is 2. The topological polar surface area (TPSA) is 40.5 Å². The lowest BCUT2D eigenvalue weighted by Gasteiger charge is -2.10. The number of phenolic OH excluding ortho intramolecular Hbond substituents is 2. The van der Waals surface area contributed by atoms with Gasteiger partial charge in [0.15, 0.2) is 0 Å². The molecule has 0 aliphatic rings. The Morgan fingerprint density at radius 2 is 1.33 bits per heavy atom. The normalized spacial score (nSPS) is 10.8. The fourth-order valence-electron chi connectivity index (χ4n) is 2.29. The van der Waals surface area contributed by atoms with Crippen molar-refractivity contribution in [3.05, 3.63) is 56.6 Å². The molecule has 2 N–H and O–H groups in total. The molecule has 0 aliphatic carbocycles. The van der Waals surface area contributed by atoms with E-state index in [-0.39, 0.29) is 5.75 Å². The fourth-order valence-corrected chi connectivity index (χ4v) is 2.63. The van der Waals surface area contributed by atoms with Crippen molar-refractivity contribution in [1.29, 1.82) is 0 Å². The second-order valence-electron chi connectivity index (χ2n) is 6.60. The zero-order chi connectivity index (χ0) is 18.6. The van der Waals surface area contributed by atoms with Crippen LogP contribution in [0.15, 0.2) is 24.3 Å². The predicted molar refractivity (Wildman–Crippen MR) is 104 cm³/mol. The van der Waals surface area contributed by atoms with E-state index in [1.54, 1.807) is 6.07 Å². The van der Waals surface area contributed by atoms with E-state index in [0.29, 0.717) is 22.6 Å². The molecule has 2 aromatic carbocycles. The first-order chi connectivity index (χ1) is 11.1. The van der Waals surface area contributed by atoms with E-state index in [1.807, 2.05) is 59.7 Å². The Morgan fingerprint density at radius 3 is 1.83 bits per heavy atom. The number of rotatable bonds is 2. The van der Waals surface area contributed by atoms with E-state index < -0.39 is 0 Å². The summed E-state index contributed by atoms with van der Waals surface area (Å²) in [6.45, 7) is 11.9. The second-order valence-corrected chi connectivity index (χ2v) is 7.39. The molecule has 0 aliphatic heterocycles. The van der Waals surface area contributed by atoms with E-state index >= 15 is 0 Å². The van der Waals surface area contributed by atoms with Crippen LogP contribution in [0.3, 0.4) is 0 Å². The Kier molecular flexibility index (Phi) is 7.44. The van der Waals surface area contributed by atoms with Crippen molar-refractivity contribution < 1.29 is 10.2 Å². The lowest BCUT2D eigenvalue weighted by atomic mass is 10.0. The lowest BCUT2D eigenvalue weighted by molar-refractivity contribution is 0.464. The van der Waals surface area contributed by atoms with Crippen molar-refractivity contribution in [2.24, 2.45) is 0 Å². The smallest absolute Gasteiger partial charge is 0.137 e. The molecule has 0 aromatic heterocycles. The van der Waals surface area contributed by atoms with Crippen LogP contribution >= 0.6 is 23.2 Å². The standard InChI is InChI=1S/2C10H13ClO/c1-6(2)8-5-9(11)7(3)4-10(8)12;1-6(2)8-5-4-7(3)9(11)10(8)12/h2*4-6,12H,1-3H3. The molecule has 0 heterocycles. The minimum Gasteiger partial charge on any atom is -0.508 e. The third-order valence-electron chi connectivity index (χ3n) is 3.89. The van der Waals surface area contributed by atoms with Crippen LogP contribution in [0.2, 0.25) is 10.0 Å². The number of aromatic hydroxyl groups is 2. The maximum Gasteiger partial charge on any atom is 0.137 e.